The third-order valence-corrected chi connectivity index (χ3v) is 8.16. The van der Waals surface area contributed by atoms with Gasteiger partial charge in [-0.15, -0.1) is 0 Å². The van der Waals surface area contributed by atoms with Gasteiger partial charge in [0.05, 0.1) is 6.10 Å². The summed E-state index contributed by atoms with van der Waals surface area (Å²) in [7, 11) is 0. The molecule has 0 spiro atoms. The van der Waals surface area contributed by atoms with E-state index in [9.17, 15) is 9.90 Å². The summed E-state index contributed by atoms with van der Waals surface area (Å²) in [6, 6.07) is 0. The van der Waals surface area contributed by atoms with E-state index in [0.717, 1.165) is 19.3 Å². The Morgan fingerprint density at radius 3 is 2.74 bits per heavy atom. The molecule has 0 aliphatic heterocycles. The van der Waals surface area contributed by atoms with Gasteiger partial charge in [0, 0.05) is 5.41 Å². The fourth-order valence-corrected chi connectivity index (χ4v) is 6.78. The molecule has 4 aliphatic rings. The molecule has 0 aromatic heterocycles. The van der Waals surface area contributed by atoms with Crippen LogP contribution in [0.3, 0.4) is 0 Å². The largest absolute Gasteiger partial charge is 0.393 e. The number of hydrogen-bond donors (Lipinski definition) is 1. The number of aliphatic hydroxyl groups is 1. The lowest BCUT2D eigenvalue weighted by Gasteiger charge is -2.58. The second-order valence-electron chi connectivity index (χ2n) is 8.97. The fourth-order valence-electron chi connectivity index (χ4n) is 6.78. The molecule has 0 bridgehead atoms. The summed E-state index contributed by atoms with van der Waals surface area (Å²) < 4.78 is 0. The Kier molecular flexibility index (Phi) is 3.43. The van der Waals surface area contributed by atoms with Crippen molar-refractivity contribution >= 4 is 5.78 Å². The molecule has 7 atom stereocenters. The minimum Gasteiger partial charge on any atom is -0.393 e. The molecule has 3 fully saturated rings. The number of carbonyl (C=O) groups is 1. The third-order valence-electron chi connectivity index (χ3n) is 8.16. The van der Waals surface area contributed by atoms with E-state index < -0.39 is 0 Å². The van der Waals surface area contributed by atoms with Gasteiger partial charge in [-0.25, -0.2) is 0 Å². The Hall–Kier alpha value is -0.890. The normalized spacial score (nSPS) is 51.7. The smallest absolute Gasteiger partial charge is 0.178 e. The second kappa shape index (κ2) is 5.05. The molecular formula is C21H30O2. The topological polar surface area (TPSA) is 37.3 Å². The predicted octanol–water partition coefficient (Wildman–Crippen LogP) is 4.29. The maximum atomic E-state index is 12.0. The highest BCUT2D eigenvalue weighted by atomic mass is 16.3. The minimum absolute atomic E-state index is 0.0619. The summed E-state index contributed by atoms with van der Waals surface area (Å²) in [5.41, 5.74) is 1.59. The highest BCUT2D eigenvalue weighted by molar-refractivity contribution is 6.01. The van der Waals surface area contributed by atoms with Gasteiger partial charge in [-0.3, -0.25) is 4.79 Å². The monoisotopic (exact) mass is 314 g/mol. The van der Waals surface area contributed by atoms with E-state index in [1.165, 1.54) is 24.8 Å². The molecule has 126 valence electrons. The van der Waals surface area contributed by atoms with Crippen molar-refractivity contribution < 1.29 is 9.90 Å². The summed E-state index contributed by atoms with van der Waals surface area (Å²) in [6.07, 6.45) is 12.7. The number of ketones is 1. The van der Waals surface area contributed by atoms with Crippen LogP contribution in [-0.4, -0.2) is 17.0 Å². The van der Waals surface area contributed by atoms with Crippen LogP contribution in [0.2, 0.25) is 0 Å². The van der Waals surface area contributed by atoms with Crippen LogP contribution in [0.1, 0.15) is 59.3 Å². The highest BCUT2D eigenvalue weighted by Gasteiger charge is 2.59. The summed E-state index contributed by atoms with van der Waals surface area (Å²) in [5.74, 6) is 2.72. The highest BCUT2D eigenvalue weighted by Crippen LogP contribution is 2.65. The zero-order valence-corrected chi connectivity index (χ0v) is 14.7. The van der Waals surface area contributed by atoms with Crippen LogP contribution >= 0.6 is 0 Å². The SMILES string of the molecule is CCC1C[C@H]2[C@@H]3CC[C@H](O)[C@@]3(C)CC[C@@H]2[C@@]2(C)C=CC(=O)C=C12. The Morgan fingerprint density at radius 1 is 1.22 bits per heavy atom. The van der Waals surface area contributed by atoms with Crippen LogP contribution in [0.15, 0.2) is 23.8 Å². The number of aliphatic hydroxyl groups excluding tert-OH is 1. The van der Waals surface area contributed by atoms with Gasteiger partial charge in [-0.05, 0) is 79.8 Å². The third kappa shape index (κ3) is 2.00. The van der Waals surface area contributed by atoms with Crippen LogP contribution in [0.5, 0.6) is 0 Å². The lowest BCUT2D eigenvalue weighted by atomic mass is 9.46. The van der Waals surface area contributed by atoms with Crippen molar-refractivity contribution in [1.82, 2.24) is 0 Å². The van der Waals surface area contributed by atoms with E-state index in [1.54, 1.807) is 6.08 Å². The van der Waals surface area contributed by atoms with Gasteiger partial charge in [0.1, 0.15) is 0 Å². The molecule has 0 amide bonds. The Bertz CT molecular complexity index is 589. The van der Waals surface area contributed by atoms with Gasteiger partial charge in [0.15, 0.2) is 5.78 Å². The molecule has 4 aliphatic carbocycles. The summed E-state index contributed by atoms with van der Waals surface area (Å²) >= 11 is 0. The number of fused-ring (bicyclic) bond motifs is 5. The van der Waals surface area contributed by atoms with Crippen molar-refractivity contribution in [3.63, 3.8) is 0 Å². The molecule has 0 saturated heterocycles. The number of carbonyl (C=O) groups excluding carboxylic acids is 1. The molecule has 0 aromatic rings. The van der Waals surface area contributed by atoms with Crippen molar-refractivity contribution in [2.24, 2.45) is 34.5 Å². The zero-order valence-electron chi connectivity index (χ0n) is 14.7. The van der Waals surface area contributed by atoms with Crippen molar-refractivity contribution in [3.05, 3.63) is 23.8 Å². The average Bonchev–Trinajstić information content (AvgIpc) is 2.83. The van der Waals surface area contributed by atoms with Crippen LogP contribution < -0.4 is 0 Å². The van der Waals surface area contributed by atoms with Gasteiger partial charge in [0.25, 0.3) is 0 Å². The minimum atomic E-state index is -0.109. The van der Waals surface area contributed by atoms with Crippen molar-refractivity contribution in [3.8, 4) is 0 Å². The fraction of sp³-hybridized carbons (Fsp3) is 0.762. The molecule has 4 rings (SSSR count). The van der Waals surface area contributed by atoms with Crippen molar-refractivity contribution in [2.45, 2.75) is 65.4 Å². The van der Waals surface area contributed by atoms with E-state index in [2.05, 4.69) is 26.8 Å². The second-order valence-corrected chi connectivity index (χ2v) is 8.97. The first kappa shape index (κ1) is 15.6. The first-order valence-electron chi connectivity index (χ1n) is 9.53. The van der Waals surface area contributed by atoms with Crippen molar-refractivity contribution in [2.75, 3.05) is 0 Å². The molecule has 2 nitrogen and oxygen atoms in total. The molecular weight excluding hydrogens is 284 g/mol. The summed E-state index contributed by atoms with van der Waals surface area (Å²) in [4.78, 5) is 12.0. The lowest BCUT2D eigenvalue weighted by Crippen LogP contribution is -2.52. The van der Waals surface area contributed by atoms with Crippen molar-refractivity contribution in [1.29, 1.82) is 0 Å². The summed E-state index contributed by atoms with van der Waals surface area (Å²) in [6.45, 7) is 6.97. The number of allylic oxidation sites excluding steroid dienone is 4. The maximum Gasteiger partial charge on any atom is 0.178 e. The van der Waals surface area contributed by atoms with Gasteiger partial charge in [0.2, 0.25) is 0 Å². The zero-order chi connectivity index (χ0) is 16.4. The Morgan fingerprint density at radius 2 is 2.00 bits per heavy atom. The van der Waals surface area contributed by atoms with E-state index in [1.807, 2.05) is 6.08 Å². The molecule has 0 heterocycles. The quantitative estimate of drug-likeness (QED) is 0.784. The number of rotatable bonds is 1. The van der Waals surface area contributed by atoms with Gasteiger partial charge in [-0.2, -0.15) is 0 Å². The van der Waals surface area contributed by atoms with E-state index in [-0.39, 0.29) is 22.7 Å². The number of hydrogen-bond acceptors (Lipinski definition) is 2. The van der Waals surface area contributed by atoms with Gasteiger partial charge >= 0.3 is 0 Å². The molecule has 0 radical (unpaired) electrons. The lowest BCUT2D eigenvalue weighted by molar-refractivity contribution is -0.111. The van der Waals surface area contributed by atoms with Crippen LogP contribution in [0, 0.1) is 34.5 Å². The van der Waals surface area contributed by atoms with Crippen LogP contribution in [0.25, 0.3) is 0 Å². The van der Waals surface area contributed by atoms with Crippen LogP contribution in [-0.2, 0) is 4.79 Å². The first-order chi connectivity index (χ1) is 10.9. The molecule has 3 saturated carbocycles. The van der Waals surface area contributed by atoms with E-state index in [4.69, 9.17) is 0 Å². The molecule has 23 heavy (non-hydrogen) atoms. The Balaban J connectivity index is 1.75. The molecule has 1 N–H and O–H groups in total. The van der Waals surface area contributed by atoms with E-state index >= 15 is 0 Å². The van der Waals surface area contributed by atoms with Crippen LogP contribution in [0.4, 0.5) is 0 Å². The molecule has 0 aromatic carbocycles. The molecule has 2 heteroatoms. The summed E-state index contributed by atoms with van der Waals surface area (Å²) in [5, 5.41) is 10.6. The Labute approximate surface area is 140 Å². The predicted molar refractivity (Wildman–Crippen MR) is 91.8 cm³/mol. The van der Waals surface area contributed by atoms with E-state index in [0.29, 0.717) is 23.7 Å². The average molecular weight is 314 g/mol. The molecule has 1 unspecified atom stereocenters. The van der Waals surface area contributed by atoms with Gasteiger partial charge in [-0.1, -0.05) is 32.4 Å². The maximum absolute atomic E-state index is 12.0. The first-order valence-corrected chi connectivity index (χ1v) is 9.53. The van der Waals surface area contributed by atoms with Gasteiger partial charge < -0.3 is 5.11 Å². The standard InChI is InChI=1S/C21H30O2/c1-4-13-11-15-16-5-6-19(23)21(16,3)10-8-17(15)20(2)9-7-14(22)12-18(13)20/h7,9,12-13,15-17,19,23H,4-6,8,10-11H2,1-3H3/t13?,15-,16-,17-,19-,20+,21-/m0/s1.